The maximum Gasteiger partial charge on any atom is 0.254 e. The third-order valence-electron chi connectivity index (χ3n) is 3.20. The van der Waals surface area contributed by atoms with Crippen LogP contribution in [-0.2, 0) is 13.0 Å². The van der Waals surface area contributed by atoms with E-state index in [0.29, 0.717) is 5.75 Å². The summed E-state index contributed by atoms with van der Waals surface area (Å²) >= 11 is 0. The molecular formula is C16H17FN2O2. The van der Waals surface area contributed by atoms with Crippen molar-refractivity contribution in [3.63, 3.8) is 0 Å². The molecule has 0 saturated carbocycles. The minimum Gasteiger partial charge on any atom is -0.497 e. The molecule has 0 aliphatic carbocycles. The van der Waals surface area contributed by atoms with Crippen molar-refractivity contribution >= 4 is 5.91 Å². The maximum atomic E-state index is 13.8. The fraction of sp³-hybridized carbons (Fsp3) is 0.250. The summed E-state index contributed by atoms with van der Waals surface area (Å²) in [7, 11) is 1.45. The minimum absolute atomic E-state index is 0.00946. The third kappa shape index (κ3) is 3.56. The second-order valence-electron chi connectivity index (χ2n) is 4.49. The molecule has 0 radical (unpaired) electrons. The highest BCUT2D eigenvalue weighted by molar-refractivity contribution is 5.94. The van der Waals surface area contributed by atoms with E-state index in [9.17, 15) is 9.18 Å². The molecule has 21 heavy (non-hydrogen) atoms. The number of amides is 1. The van der Waals surface area contributed by atoms with Gasteiger partial charge in [0.1, 0.15) is 11.6 Å². The number of halogens is 1. The quantitative estimate of drug-likeness (QED) is 0.920. The Labute approximate surface area is 123 Å². The molecule has 0 unspecified atom stereocenters. The number of nitrogens with one attached hydrogen (secondary N) is 1. The molecule has 1 N–H and O–H groups in total. The van der Waals surface area contributed by atoms with Crippen LogP contribution in [0.2, 0.25) is 0 Å². The number of aryl methyl sites for hydroxylation is 1. The Morgan fingerprint density at radius 2 is 2.19 bits per heavy atom. The molecule has 0 aliphatic heterocycles. The van der Waals surface area contributed by atoms with E-state index in [1.807, 2.05) is 19.1 Å². The molecule has 1 aromatic heterocycles. The summed E-state index contributed by atoms with van der Waals surface area (Å²) in [6.45, 7) is 2.29. The summed E-state index contributed by atoms with van der Waals surface area (Å²) in [5.41, 5.74) is 1.85. The summed E-state index contributed by atoms with van der Waals surface area (Å²) in [6, 6.07) is 7.96. The number of carbonyl (C=O) groups is 1. The zero-order valence-corrected chi connectivity index (χ0v) is 12.0. The van der Waals surface area contributed by atoms with Gasteiger partial charge in [0.15, 0.2) is 0 Å². The first-order valence-electron chi connectivity index (χ1n) is 6.70. The van der Waals surface area contributed by atoms with E-state index < -0.39 is 11.7 Å². The number of benzene rings is 1. The lowest BCUT2D eigenvalue weighted by molar-refractivity contribution is 0.0946. The number of aromatic nitrogens is 1. The highest BCUT2D eigenvalue weighted by Gasteiger charge is 2.13. The van der Waals surface area contributed by atoms with E-state index in [-0.39, 0.29) is 12.1 Å². The van der Waals surface area contributed by atoms with Gasteiger partial charge in [-0.2, -0.15) is 0 Å². The first-order chi connectivity index (χ1) is 10.2. The van der Waals surface area contributed by atoms with Gasteiger partial charge in [0, 0.05) is 12.3 Å². The smallest absolute Gasteiger partial charge is 0.254 e. The van der Waals surface area contributed by atoms with Crippen LogP contribution in [-0.4, -0.2) is 18.0 Å². The van der Waals surface area contributed by atoms with Crippen molar-refractivity contribution in [2.75, 3.05) is 7.11 Å². The van der Waals surface area contributed by atoms with E-state index >= 15 is 0 Å². The van der Waals surface area contributed by atoms with Crippen LogP contribution in [0.5, 0.6) is 5.75 Å². The van der Waals surface area contributed by atoms with Crippen molar-refractivity contribution in [3.8, 4) is 5.75 Å². The zero-order valence-electron chi connectivity index (χ0n) is 12.0. The van der Waals surface area contributed by atoms with Crippen molar-refractivity contribution < 1.29 is 13.9 Å². The molecular weight excluding hydrogens is 271 g/mol. The Balaban J connectivity index is 2.08. The molecule has 1 aromatic carbocycles. The first-order valence-corrected chi connectivity index (χ1v) is 6.70. The average Bonchev–Trinajstić information content (AvgIpc) is 2.52. The summed E-state index contributed by atoms with van der Waals surface area (Å²) in [5, 5.41) is 2.69. The van der Waals surface area contributed by atoms with Gasteiger partial charge in [-0.1, -0.05) is 13.0 Å². The molecule has 0 fully saturated rings. The predicted octanol–water partition coefficient (Wildman–Crippen LogP) is 2.72. The van der Waals surface area contributed by atoms with Gasteiger partial charge in [-0.25, -0.2) is 4.39 Å². The van der Waals surface area contributed by atoms with Crippen molar-refractivity contribution in [3.05, 3.63) is 59.2 Å². The van der Waals surface area contributed by atoms with Crippen molar-refractivity contribution in [2.45, 2.75) is 19.9 Å². The number of methoxy groups -OCH3 is 1. The number of carbonyl (C=O) groups excluding carboxylic acids is 1. The Hall–Kier alpha value is -2.43. The second-order valence-corrected chi connectivity index (χ2v) is 4.49. The summed E-state index contributed by atoms with van der Waals surface area (Å²) in [6.07, 6.45) is 2.50. The van der Waals surface area contributed by atoms with Gasteiger partial charge in [0.25, 0.3) is 5.91 Å². The molecule has 0 aliphatic rings. The second kappa shape index (κ2) is 6.83. The Morgan fingerprint density at radius 3 is 2.86 bits per heavy atom. The van der Waals surface area contributed by atoms with Crippen LogP contribution in [0.4, 0.5) is 4.39 Å². The fourth-order valence-corrected chi connectivity index (χ4v) is 2.02. The molecule has 110 valence electrons. The number of hydrogen-bond donors (Lipinski definition) is 1. The molecule has 4 nitrogen and oxygen atoms in total. The monoisotopic (exact) mass is 288 g/mol. The predicted molar refractivity (Wildman–Crippen MR) is 77.7 cm³/mol. The number of hydrogen-bond acceptors (Lipinski definition) is 3. The van der Waals surface area contributed by atoms with Crippen LogP contribution < -0.4 is 10.1 Å². The summed E-state index contributed by atoms with van der Waals surface area (Å²) in [4.78, 5) is 16.3. The van der Waals surface area contributed by atoms with E-state index in [2.05, 4.69) is 10.3 Å². The van der Waals surface area contributed by atoms with E-state index in [1.165, 1.54) is 19.2 Å². The highest BCUT2D eigenvalue weighted by atomic mass is 19.1. The molecule has 5 heteroatoms. The Bertz CT molecular complexity index is 644. The molecule has 0 atom stereocenters. The fourth-order valence-electron chi connectivity index (χ4n) is 2.02. The lowest BCUT2D eigenvalue weighted by atomic mass is 10.1. The Kier molecular flexibility index (Phi) is 4.87. The molecule has 0 saturated heterocycles. The van der Waals surface area contributed by atoms with Gasteiger partial charge in [-0.15, -0.1) is 0 Å². The van der Waals surface area contributed by atoms with Crippen LogP contribution in [0.1, 0.15) is 28.5 Å². The normalized spacial score (nSPS) is 10.2. The molecule has 2 rings (SSSR count). The number of pyridine rings is 1. The molecule has 0 bridgehead atoms. The van der Waals surface area contributed by atoms with Gasteiger partial charge in [-0.05, 0) is 30.2 Å². The third-order valence-corrected chi connectivity index (χ3v) is 3.20. The van der Waals surface area contributed by atoms with Gasteiger partial charge in [-0.3, -0.25) is 9.78 Å². The average molecular weight is 288 g/mol. The van der Waals surface area contributed by atoms with Crippen molar-refractivity contribution in [2.24, 2.45) is 0 Å². The number of ether oxygens (including phenoxy) is 1. The Morgan fingerprint density at radius 1 is 1.38 bits per heavy atom. The molecule has 2 aromatic rings. The topological polar surface area (TPSA) is 51.2 Å². The van der Waals surface area contributed by atoms with Gasteiger partial charge in [0.2, 0.25) is 0 Å². The van der Waals surface area contributed by atoms with E-state index in [4.69, 9.17) is 4.74 Å². The lowest BCUT2D eigenvalue weighted by Crippen LogP contribution is -2.25. The first kappa shape index (κ1) is 15.0. The largest absolute Gasteiger partial charge is 0.497 e. The van der Waals surface area contributed by atoms with Gasteiger partial charge in [0.05, 0.1) is 24.9 Å². The van der Waals surface area contributed by atoms with Crippen LogP contribution in [0.15, 0.2) is 36.5 Å². The van der Waals surface area contributed by atoms with Crippen LogP contribution in [0.3, 0.4) is 0 Å². The lowest BCUT2D eigenvalue weighted by Gasteiger charge is -2.09. The van der Waals surface area contributed by atoms with E-state index in [1.54, 1.807) is 12.3 Å². The summed E-state index contributed by atoms with van der Waals surface area (Å²) < 4.78 is 18.7. The molecule has 1 amide bonds. The standard InChI is InChI=1S/C16H17FN2O2/c1-3-11-5-4-8-18-15(11)10-19-16(20)13-7-6-12(21-2)9-14(13)17/h4-9H,3,10H2,1-2H3,(H,19,20). The van der Waals surface area contributed by atoms with Crippen LogP contribution in [0, 0.1) is 5.82 Å². The van der Waals surface area contributed by atoms with Crippen LogP contribution in [0.25, 0.3) is 0 Å². The summed E-state index contributed by atoms with van der Waals surface area (Å²) in [5.74, 6) is -0.700. The highest BCUT2D eigenvalue weighted by Crippen LogP contribution is 2.16. The van der Waals surface area contributed by atoms with Crippen molar-refractivity contribution in [1.29, 1.82) is 0 Å². The van der Waals surface area contributed by atoms with Crippen LogP contribution >= 0.6 is 0 Å². The SMILES string of the molecule is CCc1cccnc1CNC(=O)c1ccc(OC)cc1F. The molecule has 1 heterocycles. The zero-order chi connectivity index (χ0) is 15.2. The van der Waals surface area contributed by atoms with Gasteiger partial charge < -0.3 is 10.1 Å². The number of nitrogens with zero attached hydrogens (tertiary/aromatic N) is 1. The van der Waals surface area contributed by atoms with Crippen molar-refractivity contribution in [1.82, 2.24) is 10.3 Å². The van der Waals surface area contributed by atoms with E-state index in [0.717, 1.165) is 17.7 Å². The minimum atomic E-state index is -0.608. The molecule has 0 spiro atoms. The number of rotatable bonds is 5. The maximum absolute atomic E-state index is 13.8. The van der Waals surface area contributed by atoms with Gasteiger partial charge >= 0.3 is 0 Å².